The molecule has 0 nitrogen and oxygen atoms in total. The van der Waals surface area contributed by atoms with Crippen LogP contribution in [0.4, 0.5) is 0 Å². The van der Waals surface area contributed by atoms with E-state index >= 15 is 0 Å². The Hall–Kier alpha value is -0.260. The van der Waals surface area contributed by atoms with Gasteiger partial charge in [0.25, 0.3) is 0 Å². The van der Waals surface area contributed by atoms with Gasteiger partial charge in [0.1, 0.15) is 0 Å². The fraction of sp³-hybridized carbons (Fsp3) is 0.833. The molecule has 1 aliphatic rings. The molecule has 1 fully saturated rings. The van der Waals surface area contributed by atoms with E-state index in [1.165, 1.54) is 44.1 Å². The van der Waals surface area contributed by atoms with Crippen molar-refractivity contribution >= 4 is 0 Å². The molecule has 2 unspecified atom stereocenters. The minimum Gasteiger partial charge on any atom is -0.0996 e. The third-order valence-corrected chi connectivity index (χ3v) is 3.24. The van der Waals surface area contributed by atoms with Crippen molar-refractivity contribution < 1.29 is 0 Å². The first kappa shape index (κ1) is 9.83. The molecule has 1 rings (SSSR count). The molecule has 0 heterocycles. The Morgan fingerprint density at radius 1 is 1.42 bits per heavy atom. The van der Waals surface area contributed by atoms with Crippen LogP contribution in [-0.2, 0) is 0 Å². The highest BCUT2D eigenvalue weighted by Gasteiger charge is 2.24. The average molecular weight is 166 g/mol. The monoisotopic (exact) mass is 166 g/mol. The van der Waals surface area contributed by atoms with Crippen molar-refractivity contribution in [2.45, 2.75) is 52.4 Å². The summed E-state index contributed by atoms with van der Waals surface area (Å²) < 4.78 is 0. The van der Waals surface area contributed by atoms with Crippen molar-refractivity contribution in [1.29, 1.82) is 0 Å². The molecule has 0 amide bonds. The van der Waals surface area contributed by atoms with Gasteiger partial charge < -0.3 is 0 Å². The quantitative estimate of drug-likeness (QED) is 0.550. The van der Waals surface area contributed by atoms with Gasteiger partial charge in [-0.2, -0.15) is 0 Å². The first-order chi connectivity index (χ1) is 5.75. The lowest BCUT2D eigenvalue weighted by Crippen LogP contribution is -2.06. The molecule has 2 atom stereocenters. The van der Waals surface area contributed by atoms with E-state index in [1.54, 1.807) is 0 Å². The topological polar surface area (TPSA) is 0 Å². The zero-order valence-corrected chi connectivity index (χ0v) is 8.60. The van der Waals surface area contributed by atoms with E-state index in [0.717, 1.165) is 11.8 Å². The minimum absolute atomic E-state index is 0.858. The van der Waals surface area contributed by atoms with Crippen LogP contribution in [0.25, 0.3) is 0 Å². The molecule has 0 spiro atoms. The molecule has 0 aromatic heterocycles. The molecule has 70 valence electrons. The number of allylic oxidation sites excluding steroid dienone is 1. The summed E-state index contributed by atoms with van der Waals surface area (Å²) in [5.41, 5.74) is 1.53. The SMILES string of the molecule is C=C(CCCC)C1CCCC1C. The lowest BCUT2D eigenvalue weighted by Gasteiger charge is -2.17. The fourth-order valence-electron chi connectivity index (χ4n) is 2.34. The van der Waals surface area contributed by atoms with Crippen LogP contribution in [0.2, 0.25) is 0 Å². The van der Waals surface area contributed by atoms with Gasteiger partial charge in [-0.3, -0.25) is 0 Å². The van der Waals surface area contributed by atoms with E-state index in [2.05, 4.69) is 20.4 Å². The normalized spacial score (nSPS) is 29.2. The molecule has 1 saturated carbocycles. The average Bonchev–Trinajstić information content (AvgIpc) is 2.47. The van der Waals surface area contributed by atoms with Crippen LogP contribution in [0.3, 0.4) is 0 Å². The Balaban J connectivity index is 2.30. The first-order valence-corrected chi connectivity index (χ1v) is 5.43. The van der Waals surface area contributed by atoms with Gasteiger partial charge in [0.05, 0.1) is 0 Å². The largest absolute Gasteiger partial charge is 0.0996 e. The van der Waals surface area contributed by atoms with Crippen LogP contribution in [-0.4, -0.2) is 0 Å². The van der Waals surface area contributed by atoms with Gasteiger partial charge in [0.2, 0.25) is 0 Å². The van der Waals surface area contributed by atoms with Gasteiger partial charge in [-0.05, 0) is 31.1 Å². The van der Waals surface area contributed by atoms with Crippen LogP contribution >= 0.6 is 0 Å². The van der Waals surface area contributed by atoms with E-state index in [-0.39, 0.29) is 0 Å². The summed E-state index contributed by atoms with van der Waals surface area (Å²) in [7, 11) is 0. The lowest BCUT2D eigenvalue weighted by molar-refractivity contribution is 0.464. The van der Waals surface area contributed by atoms with E-state index in [1.807, 2.05) is 0 Å². The highest BCUT2D eigenvalue weighted by molar-refractivity contribution is 5.04. The maximum atomic E-state index is 4.22. The molecule has 1 aliphatic carbocycles. The number of unbranched alkanes of at least 4 members (excludes halogenated alkanes) is 1. The predicted molar refractivity (Wildman–Crippen MR) is 55.2 cm³/mol. The highest BCUT2D eigenvalue weighted by atomic mass is 14.3. The lowest BCUT2D eigenvalue weighted by atomic mass is 9.88. The van der Waals surface area contributed by atoms with Crippen molar-refractivity contribution in [2.24, 2.45) is 11.8 Å². The predicted octanol–water partition coefficient (Wildman–Crippen LogP) is 4.17. The van der Waals surface area contributed by atoms with Gasteiger partial charge in [0, 0.05) is 0 Å². The molecule has 0 aromatic rings. The third-order valence-electron chi connectivity index (χ3n) is 3.24. The van der Waals surface area contributed by atoms with Crippen LogP contribution in [0.15, 0.2) is 12.2 Å². The van der Waals surface area contributed by atoms with E-state index in [4.69, 9.17) is 0 Å². The fourth-order valence-corrected chi connectivity index (χ4v) is 2.34. The molecule has 0 radical (unpaired) electrons. The molecule has 0 N–H and O–H groups in total. The van der Waals surface area contributed by atoms with Gasteiger partial charge in [-0.15, -0.1) is 0 Å². The summed E-state index contributed by atoms with van der Waals surface area (Å²) in [5.74, 6) is 1.77. The summed E-state index contributed by atoms with van der Waals surface area (Å²) >= 11 is 0. The van der Waals surface area contributed by atoms with Crippen LogP contribution < -0.4 is 0 Å². The van der Waals surface area contributed by atoms with Gasteiger partial charge >= 0.3 is 0 Å². The number of hydrogen-bond acceptors (Lipinski definition) is 0. The van der Waals surface area contributed by atoms with Gasteiger partial charge in [0.15, 0.2) is 0 Å². The molecule has 0 aromatic carbocycles. The maximum absolute atomic E-state index is 4.22. The second kappa shape index (κ2) is 4.69. The molecule has 0 bridgehead atoms. The minimum atomic E-state index is 0.858. The second-order valence-corrected chi connectivity index (χ2v) is 4.28. The Morgan fingerprint density at radius 3 is 2.67 bits per heavy atom. The van der Waals surface area contributed by atoms with E-state index < -0.39 is 0 Å². The first-order valence-electron chi connectivity index (χ1n) is 5.43. The number of hydrogen-bond donors (Lipinski definition) is 0. The smallest absolute Gasteiger partial charge is 0.0180 e. The van der Waals surface area contributed by atoms with Crippen molar-refractivity contribution in [3.8, 4) is 0 Å². The molecule has 12 heavy (non-hydrogen) atoms. The summed E-state index contributed by atoms with van der Waals surface area (Å²) in [6.07, 6.45) is 8.17. The van der Waals surface area contributed by atoms with E-state index in [9.17, 15) is 0 Å². The standard InChI is InChI=1S/C12H22/c1-4-5-7-10(2)12-9-6-8-11(12)3/h11-12H,2,4-9H2,1,3H3. The van der Waals surface area contributed by atoms with Gasteiger partial charge in [-0.1, -0.05) is 45.3 Å². The Bertz CT molecular complexity index is 146. The Labute approximate surface area is 77.1 Å². The molecule has 0 heteroatoms. The van der Waals surface area contributed by atoms with E-state index in [0.29, 0.717) is 0 Å². The number of rotatable bonds is 4. The third kappa shape index (κ3) is 2.36. The second-order valence-electron chi connectivity index (χ2n) is 4.28. The Morgan fingerprint density at radius 2 is 2.17 bits per heavy atom. The maximum Gasteiger partial charge on any atom is -0.0180 e. The summed E-state index contributed by atoms with van der Waals surface area (Å²) in [5, 5.41) is 0. The van der Waals surface area contributed by atoms with Crippen molar-refractivity contribution in [3.05, 3.63) is 12.2 Å². The van der Waals surface area contributed by atoms with Crippen molar-refractivity contribution in [1.82, 2.24) is 0 Å². The Kier molecular flexibility index (Phi) is 3.84. The molecule has 0 saturated heterocycles. The summed E-state index contributed by atoms with van der Waals surface area (Å²) in [4.78, 5) is 0. The van der Waals surface area contributed by atoms with Crippen LogP contribution in [0, 0.1) is 11.8 Å². The molecular formula is C12H22. The zero-order valence-electron chi connectivity index (χ0n) is 8.60. The summed E-state index contributed by atoms with van der Waals surface area (Å²) in [6, 6.07) is 0. The van der Waals surface area contributed by atoms with Crippen molar-refractivity contribution in [3.63, 3.8) is 0 Å². The van der Waals surface area contributed by atoms with Crippen LogP contribution in [0.1, 0.15) is 52.4 Å². The van der Waals surface area contributed by atoms with Gasteiger partial charge in [-0.25, -0.2) is 0 Å². The van der Waals surface area contributed by atoms with Crippen LogP contribution in [0.5, 0.6) is 0 Å². The molecule has 0 aliphatic heterocycles. The van der Waals surface area contributed by atoms with Crippen molar-refractivity contribution in [2.75, 3.05) is 0 Å². The zero-order chi connectivity index (χ0) is 8.97. The summed E-state index contributed by atoms with van der Waals surface area (Å²) in [6.45, 7) is 8.86. The molecular weight excluding hydrogens is 144 g/mol. The highest BCUT2D eigenvalue weighted by Crippen LogP contribution is 2.37.